The molecule has 1 heterocycles. The molecule has 0 amide bonds. The molecule has 81 valence electrons. The average Bonchev–Trinajstić information content (AvgIpc) is 2.62. The SMILES string of the molecule is NC(Cc1cnc(SC[C]=O)[nH]1)C(=O)O. The highest BCUT2D eigenvalue weighted by atomic mass is 32.2. The number of carboxylic acids is 1. The van der Waals surface area contributed by atoms with Crippen LogP contribution in [0.25, 0.3) is 0 Å². The Morgan fingerprint density at radius 3 is 3.13 bits per heavy atom. The van der Waals surface area contributed by atoms with Gasteiger partial charge < -0.3 is 15.8 Å². The number of aromatic nitrogens is 2. The third kappa shape index (κ3) is 3.72. The summed E-state index contributed by atoms with van der Waals surface area (Å²) < 4.78 is 0. The van der Waals surface area contributed by atoms with E-state index in [1.54, 1.807) is 6.29 Å². The summed E-state index contributed by atoms with van der Waals surface area (Å²) in [5, 5.41) is 9.14. The standard InChI is InChI=1S/C8H10N3O3S/c9-6(7(13)14)3-5-4-10-8(11-5)15-2-1-12/h4,6H,2-3,9H2,(H,10,11)(H,13,14). The lowest BCUT2D eigenvalue weighted by atomic mass is 10.2. The molecule has 1 unspecified atom stereocenters. The van der Waals surface area contributed by atoms with Crippen molar-refractivity contribution in [2.75, 3.05) is 5.75 Å². The monoisotopic (exact) mass is 228 g/mol. The molecule has 0 saturated carbocycles. The molecule has 0 aliphatic heterocycles. The number of carbonyl (C=O) groups is 1. The van der Waals surface area contributed by atoms with Crippen molar-refractivity contribution in [3.63, 3.8) is 0 Å². The van der Waals surface area contributed by atoms with Crippen molar-refractivity contribution in [1.82, 2.24) is 9.97 Å². The number of hydrogen-bond acceptors (Lipinski definition) is 5. The van der Waals surface area contributed by atoms with Crippen LogP contribution >= 0.6 is 11.8 Å². The molecule has 0 aliphatic carbocycles. The van der Waals surface area contributed by atoms with E-state index >= 15 is 0 Å². The van der Waals surface area contributed by atoms with Gasteiger partial charge in [0.05, 0.1) is 5.75 Å². The predicted octanol–water partition coefficient (Wildman–Crippen LogP) is -0.434. The molecule has 0 spiro atoms. The van der Waals surface area contributed by atoms with Gasteiger partial charge in [-0.1, -0.05) is 11.8 Å². The Morgan fingerprint density at radius 2 is 2.53 bits per heavy atom. The number of carboxylic acid groups (broad SMARTS) is 1. The van der Waals surface area contributed by atoms with Crippen LogP contribution in [-0.4, -0.2) is 39.1 Å². The molecule has 4 N–H and O–H groups in total. The summed E-state index contributed by atoms with van der Waals surface area (Å²) >= 11 is 1.20. The number of thioether (sulfide) groups is 1. The number of aliphatic carboxylic acids is 1. The van der Waals surface area contributed by atoms with Gasteiger partial charge in [0.25, 0.3) is 0 Å². The number of nitrogens with one attached hydrogen (secondary N) is 1. The van der Waals surface area contributed by atoms with Gasteiger partial charge in [0, 0.05) is 18.3 Å². The number of hydrogen-bond donors (Lipinski definition) is 3. The first-order valence-electron chi connectivity index (χ1n) is 4.13. The number of carbonyl (C=O) groups excluding carboxylic acids is 1. The number of nitrogens with zero attached hydrogens (tertiary/aromatic N) is 1. The molecule has 1 radical (unpaired) electrons. The number of nitrogens with two attached hydrogens (primary N) is 1. The van der Waals surface area contributed by atoms with Gasteiger partial charge >= 0.3 is 5.97 Å². The zero-order chi connectivity index (χ0) is 11.3. The van der Waals surface area contributed by atoms with Crippen molar-refractivity contribution >= 4 is 24.0 Å². The predicted molar refractivity (Wildman–Crippen MR) is 54.3 cm³/mol. The number of H-pyrrole nitrogens is 1. The molecule has 1 atom stereocenters. The van der Waals surface area contributed by atoms with Crippen LogP contribution in [0.15, 0.2) is 11.4 Å². The van der Waals surface area contributed by atoms with Gasteiger partial charge in [-0.05, 0) is 0 Å². The molecule has 0 saturated heterocycles. The number of imidazole rings is 1. The van der Waals surface area contributed by atoms with Crippen LogP contribution < -0.4 is 5.73 Å². The Morgan fingerprint density at radius 1 is 1.80 bits per heavy atom. The van der Waals surface area contributed by atoms with Crippen molar-refractivity contribution in [3.8, 4) is 0 Å². The van der Waals surface area contributed by atoms with Crippen molar-refractivity contribution in [1.29, 1.82) is 0 Å². The van der Waals surface area contributed by atoms with Gasteiger partial charge in [0.2, 0.25) is 6.29 Å². The normalized spacial score (nSPS) is 12.3. The van der Waals surface area contributed by atoms with Gasteiger partial charge in [-0.2, -0.15) is 0 Å². The molecular formula is C8H10N3O3S. The molecule has 7 heteroatoms. The third-order valence-electron chi connectivity index (χ3n) is 1.63. The molecule has 0 fully saturated rings. The second kappa shape index (κ2) is 5.52. The lowest BCUT2D eigenvalue weighted by Crippen LogP contribution is -2.32. The summed E-state index contributed by atoms with van der Waals surface area (Å²) in [6, 6.07) is -0.944. The summed E-state index contributed by atoms with van der Waals surface area (Å²) in [5.41, 5.74) is 5.98. The smallest absolute Gasteiger partial charge is 0.320 e. The first-order chi connectivity index (χ1) is 7.13. The van der Waals surface area contributed by atoms with E-state index in [0.717, 1.165) is 0 Å². The van der Waals surface area contributed by atoms with E-state index in [1.807, 2.05) is 0 Å². The van der Waals surface area contributed by atoms with Gasteiger partial charge in [0.1, 0.15) is 6.04 Å². The summed E-state index contributed by atoms with van der Waals surface area (Å²) in [6.07, 6.45) is 3.42. The average molecular weight is 228 g/mol. The Balaban J connectivity index is 2.52. The molecule has 0 aliphatic rings. The van der Waals surface area contributed by atoms with Crippen LogP contribution in [0.5, 0.6) is 0 Å². The summed E-state index contributed by atoms with van der Waals surface area (Å²) in [6.45, 7) is 0. The molecule has 15 heavy (non-hydrogen) atoms. The Hall–Kier alpha value is -1.34. The van der Waals surface area contributed by atoms with E-state index in [-0.39, 0.29) is 12.2 Å². The summed E-state index contributed by atoms with van der Waals surface area (Å²) in [7, 11) is 0. The van der Waals surface area contributed by atoms with Crippen molar-refractivity contribution in [2.24, 2.45) is 5.73 Å². The Kier molecular flexibility index (Phi) is 4.32. The minimum absolute atomic E-state index is 0.188. The molecule has 1 aromatic rings. The zero-order valence-electron chi connectivity index (χ0n) is 7.77. The highest BCUT2D eigenvalue weighted by Crippen LogP contribution is 2.12. The van der Waals surface area contributed by atoms with Crippen molar-refractivity contribution in [3.05, 3.63) is 11.9 Å². The lowest BCUT2D eigenvalue weighted by molar-refractivity contribution is -0.138. The van der Waals surface area contributed by atoms with Crippen LogP contribution in [0.1, 0.15) is 5.69 Å². The quantitative estimate of drug-likeness (QED) is 0.570. The largest absolute Gasteiger partial charge is 0.480 e. The zero-order valence-corrected chi connectivity index (χ0v) is 8.58. The van der Waals surface area contributed by atoms with E-state index in [9.17, 15) is 9.59 Å². The number of rotatable bonds is 6. The second-order valence-electron chi connectivity index (χ2n) is 2.80. The van der Waals surface area contributed by atoms with Crippen molar-refractivity contribution in [2.45, 2.75) is 17.6 Å². The van der Waals surface area contributed by atoms with Gasteiger partial charge in [-0.15, -0.1) is 0 Å². The van der Waals surface area contributed by atoms with Crippen molar-refractivity contribution < 1.29 is 14.7 Å². The fourth-order valence-corrected chi connectivity index (χ4v) is 1.46. The van der Waals surface area contributed by atoms with Gasteiger partial charge in [0.15, 0.2) is 5.16 Å². The fourth-order valence-electron chi connectivity index (χ4n) is 0.938. The first-order valence-corrected chi connectivity index (χ1v) is 5.12. The van der Waals surface area contributed by atoms with Crippen LogP contribution in [0.3, 0.4) is 0 Å². The second-order valence-corrected chi connectivity index (χ2v) is 3.76. The maximum absolute atomic E-state index is 10.5. The number of aromatic amines is 1. The van der Waals surface area contributed by atoms with Gasteiger partial charge in [-0.25, -0.2) is 4.98 Å². The maximum Gasteiger partial charge on any atom is 0.320 e. The molecule has 0 aromatic carbocycles. The summed E-state index contributed by atoms with van der Waals surface area (Å²) in [4.78, 5) is 27.2. The van der Waals surface area contributed by atoms with E-state index in [1.165, 1.54) is 18.0 Å². The first kappa shape index (κ1) is 11.7. The van der Waals surface area contributed by atoms with E-state index in [2.05, 4.69) is 9.97 Å². The van der Waals surface area contributed by atoms with Crippen LogP contribution in [-0.2, 0) is 16.0 Å². The fraction of sp³-hybridized carbons (Fsp3) is 0.375. The highest BCUT2D eigenvalue weighted by Gasteiger charge is 2.13. The summed E-state index contributed by atoms with van der Waals surface area (Å²) in [5.74, 6) is -0.863. The molecular weight excluding hydrogens is 218 g/mol. The Bertz CT molecular complexity index is 353. The highest BCUT2D eigenvalue weighted by molar-refractivity contribution is 7.99. The van der Waals surface area contributed by atoms with E-state index in [4.69, 9.17) is 10.8 Å². The van der Waals surface area contributed by atoms with E-state index in [0.29, 0.717) is 10.9 Å². The maximum atomic E-state index is 10.5. The topological polar surface area (TPSA) is 109 Å². The minimum Gasteiger partial charge on any atom is -0.480 e. The minimum atomic E-state index is -1.06. The molecule has 1 aromatic heterocycles. The van der Waals surface area contributed by atoms with Crippen LogP contribution in [0, 0.1) is 0 Å². The van der Waals surface area contributed by atoms with Crippen LogP contribution in [0.2, 0.25) is 0 Å². The molecule has 1 rings (SSSR count). The molecule has 6 nitrogen and oxygen atoms in total. The third-order valence-corrected chi connectivity index (χ3v) is 2.37. The Labute approximate surface area is 90.3 Å². The lowest BCUT2D eigenvalue weighted by Gasteiger charge is -2.02. The van der Waals surface area contributed by atoms with Gasteiger partial charge in [-0.3, -0.25) is 9.59 Å². The van der Waals surface area contributed by atoms with Crippen LogP contribution in [0.4, 0.5) is 0 Å². The van der Waals surface area contributed by atoms with E-state index < -0.39 is 12.0 Å². The molecule has 0 bridgehead atoms.